The van der Waals surface area contributed by atoms with Gasteiger partial charge < -0.3 is 4.42 Å². The van der Waals surface area contributed by atoms with Crippen molar-refractivity contribution >= 4 is 39.0 Å². The molecule has 9 nitrogen and oxygen atoms in total. The molecule has 1 atom stereocenters. The van der Waals surface area contributed by atoms with Crippen LogP contribution in [0.5, 0.6) is 0 Å². The van der Waals surface area contributed by atoms with Gasteiger partial charge in [-0.25, -0.2) is 0 Å². The van der Waals surface area contributed by atoms with Crippen molar-refractivity contribution in [1.29, 1.82) is 0 Å². The number of nitro groups is 1. The number of fused-ring (bicyclic) bond motifs is 2. The van der Waals surface area contributed by atoms with E-state index in [0.717, 1.165) is 5.56 Å². The molecule has 1 aliphatic rings. The molecule has 2 aromatic heterocycles. The summed E-state index contributed by atoms with van der Waals surface area (Å²) in [5.41, 5.74) is 1.51. The molecule has 0 aliphatic carbocycles. The Hall–Kier alpha value is -3.92. The molecule has 0 saturated carbocycles. The quantitative estimate of drug-likeness (QED) is 0.354. The van der Waals surface area contributed by atoms with E-state index < -0.39 is 16.9 Å². The van der Waals surface area contributed by atoms with Gasteiger partial charge in [-0.05, 0) is 43.7 Å². The number of amides is 1. The van der Waals surface area contributed by atoms with E-state index in [1.807, 2.05) is 6.92 Å². The van der Waals surface area contributed by atoms with Gasteiger partial charge in [-0.2, -0.15) is 0 Å². The fraction of sp³-hybridized carbons (Fsp3) is 0.143. The second kappa shape index (κ2) is 6.81. The minimum absolute atomic E-state index is 0.0578. The van der Waals surface area contributed by atoms with E-state index in [4.69, 9.17) is 4.42 Å². The van der Waals surface area contributed by atoms with Gasteiger partial charge in [-0.1, -0.05) is 23.0 Å². The number of hydrogen-bond acceptors (Lipinski definition) is 8. The third kappa shape index (κ3) is 2.91. The molecule has 0 bridgehead atoms. The first-order valence-corrected chi connectivity index (χ1v) is 10.1. The summed E-state index contributed by atoms with van der Waals surface area (Å²) < 4.78 is 5.88. The molecule has 4 aromatic rings. The molecule has 1 amide bonds. The highest BCUT2D eigenvalue weighted by Gasteiger charge is 2.45. The molecule has 0 saturated heterocycles. The lowest BCUT2D eigenvalue weighted by Gasteiger charge is -2.21. The van der Waals surface area contributed by atoms with E-state index in [1.165, 1.54) is 40.5 Å². The summed E-state index contributed by atoms with van der Waals surface area (Å²) >= 11 is 1.21. The van der Waals surface area contributed by atoms with Crippen molar-refractivity contribution < 1.29 is 14.1 Å². The Kier molecular flexibility index (Phi) is 4.19. The van der Waals surface area contributed by atoms with Gasteiger partial charge in [-0.3, -0.25) is 24.6 Å². The van der Waals surface area contributed by atoms with Gasteiger partial charge >= 0.3 is 0 Å². The molecule has 0 spiro atoms. The fourth-order valence-electron chi connectivity index (χ4n) is 3.76. The largest absolute Gasteiger partial charge is 0.450 e. The zero-order valence-electron chi connectivity index (χ0n) is 16.4. The fourth-order valence-corrected chi connectivity index (χ4v) is 4.48. The van der Waals surface area contributed by atoms with Crippen molar-refractivity contribution in [2.45, 2.75) is 19.9 Å². The number of aromatic nitrogens is 2. The molecular weight excluding hydrogens is 420 g/mol. The van der Waals surface area contributed by atoms with Crippen LogP contribution in [-0.2, 0) is 0 Å². The van der Waals surface area contributed by atoms with Crippen LogP contribution in [0.4, 0.5) is 10.8 Å². The van der Waals surface area contributed by atoms with Crippen LogP contribution in [-0.4, -0.2) is 21.0 Å². The van der Waals surface area contributed by atoms with Gasteiger partial charge in [0.05, 0.1) is 21.9 Å². The van der Waals surface area contributed by atoms with Crippen LogP contribution in [0.1, 0.15) is 38.3 Å². The van der Waals surface area contributed by atoms with Gasteiger partial charge in [0, 0.05) is 12.1 Å². The Morgan fingerprint density at radius 3 is 2.48 bits per heavy atom. The molecule has 2 aromatic carbocycles. The zero-order chi connectivity index (χ0) is 21.9. The summed E-state index contributed by atoms with van der Waals surface area (Å²) in [6, 6.07) is 10.1. The van der Waals surface area contributed by atoms with Crippen molar-refractivity contribution in [2.24, 2.45) is 0 Å². The van der Waals surface area contributed by atoms with Crippen molar-refractivity contribution in [1.82, 2.24) is 10.2 Å². The van der Waals surface area contributed by atoms with Crippen LogP contribution >= 0.6 is 11.3 Å². The SMILES string of the molecule is Cc1ccc2oc3c(c(=O)c2c1)C(c1ccc([N+](=O)[O-])cc1)N(c1nnc(C)s1)C3=O. The number of benzene rings is 2. The molecule has 0 fully saturated rings. The molecule has 1 unspecified atom stereocenters. The standard InChI is InChI=1S/C21H14N4O5S/c1-10-3-8-15-14(9-10)18(26)16-17(12-4-6-13(7-5-12)25(28)29)24(20(27)19(16)30-15)21-23-22-11(2)31-21/h3-9,17H,1-2H3. The zero-order valence-corrected chi connectivity index (χ0v) is 17.2. The van der Waals surface area contributed by atoms with Crippen molar-refractivity contribution in [3.05, 3.63) is 90.3 Å². The molecular formula is C21H14N4O5S. The average Bonchev–Trinajstić information content (AvgIpc) is 3.30. The first-order chi connectivity index (χ1) is 14.8. The van der Waals surface area contributed by atoms with Crippen LogP contribution in [0.25, 0.3) is 11.0 Å². The lowest BCUT2D eigenvalue weighted by atomic mass is 9.98. The molecule has 1 aliphatic heterocycles. The molecule has 0 radical (unpaired) electrons. The van der Waals surface area contributed by atoms with Crippen LogP contribution in [0, 0.1) is 24.0 Å². The second-order valence-electron chi connectivity index (χ2n) is 7.20. The monoisotopic (exact) mass is 434 g/mol. The molecule has 5 rings (SSSR count). The highest BCUT2D eigenvalue weighted by molar-refractivity contribution is 7.15. The first kappa shape index (κ1) is 19.1. The van der Waals surface area contributed by atoms with Gasteiger partial charge in [0.25, 0.3) is 11.6 Å². The maximum Gasteiger partial charge on any atom is 0.297 e. The summed E-state index contributed by atoms with van der Waals surface area (Å²) in [7, 11) is 0. The Labute approximate surface area is 178 Å². The number of nitro benzene ring substituents is 1. The Balaban J connectivity index is 1.79. The van der Waals surface area contributed by atoms with E-state index in [9.17, 15) is 19.7 Å². The number of anilines is 1. The van der Waals surface area contributed by atoms with Crippen LogP contribution in [0.2, 0.25) is 0 Å². The van der Waals surface area contributed by atoms with Crippen LogP contribution in [0.3, 0.4) is 0 Å². The van der Waals surface area contributed by atoms with Crippen LogP contribution in [0.15, 0.2) is 51.7 Å². The summed E-state index contributed by atoms with van der Waals surface area (Å²) in [6.07, 6.45) is 0. The van der Waals surface area contributed by atoms with E-state index >= 15 is 0 Å². The summed E-state index contributed by atoms with van der Waals surface area (Å²) in [5.74, 6) is -0.563. The highest BCUT2D eigenvalue weighted by atomic mass is 32.1. The number of aryl methyl sites for hydroxylation is 2. The summed E-state index contributed by atoms with van der Waals surface area (Å²) in [6.45, 7) is 3.62. The van der Waals surface area contributed by atoms with Gasteiger partial charge in [0.2, 0.25) is 10.9 Å². The predicted octanol–water partition coefficient (Wildman–Crippen LogP) is 3.92. The molecule has 10 heteroatoms. The topological polar surface area (TPSA) is 119 Å². The number of carbonyl (C=O) groups excluding carboxylic acids is 1. The third-order valence-corrected chi connectivity index (χ3v) is 6.00. The number of non-ortho nitro benzene ring substituents is 1. The number of rotatable bonds is 3. The van der Waals surface area contributed by atoms with Gasteiger partial charge in [0.15, 0.2) is 5.43 Å². The van der Waals surface area contributed by atoms with E-state index in [0.29, 0.717) is 26.7 Å². The second-order valence-corrected chi connectivity index (χ2v) is 8.36. The maximum absolute atomic E-state index is 13.5. The molecule has 3 heterocycles. The Morgan fingerprint density at radius 2 is 1.84 bits per heavy atom. The van der Waals surface area contributed by atoms with Crippen LogP contribution < -0.4 is 10.3 Å². The van der Waals surface area contributed by atoms with E-state index in [-0.39, 0.29) is 22.4 Å². The smallest absolute Gasteiger partial charge is 0.297 e. The van der Waals surface area contributed by atoms with Crippen molar-refractivity contribution in [3.8, 4) is 0 Å². The molecule has 0 N–H and O–H groups in total. The average molecular weight is 434 g/mol. The maximum atomic E-state index is 13.5. The minimum Gasteiger partial charge on any atom is -0.450 e. The number of nitrogens with zero attached hydrogens (tertiary/aromatic N) is 4. The van der Waals surface area contributed by atoms with Gasteiger partial charge in [0.1, 0.15) is 10.6 Å². The normalized spacial score (nSPS) is 15.5. The first-order valence-electron chi connectivity index (χ1n) is 9.30. The van der Waals surface area contributed by atoms with Crippen molar-refractivity contribution in [2.75, 3.05) is 4.90 Å². The third-order valence-electron chi connectivity index (χ3n) is 5.17. The van der Waals surface area contributed by atoms with Gasteiger partial charge in [-0.15, -0.1) is 10.2 Å². The number of carbonyl (C=O) groups is 1. The highest BCUT2D eigenvalue weighted by Crippen LogP contribution is 2.42. The molecule has 31 heavy (non-hydrogen) atoms. The number of hydrogen-bond donors (Lipinski definition) is 0. The van der Waals surface area contributed by atoms with E-state index in [1.54, 1.807) is 25.1 Å². The lowest BCUT2D eigenvalue weighted by Crippen LogP contribution is -2.29. The minimum atomic E-state index is -0.836. The molecule has 154 valence electrons. The van der Waals surface area contributed by atoms with Crippen molar-refractivity contribution in [3.63, 3.8) is 0 Å². The Bertz CT molecular complexity index is 1440. The summed E-state index contributed by atoms with van der Waals surface area (Å²) in [5, 5.41) is 20.5. The lowest BCUT2D eigenvalue weighted by molar-refractivity contribution is -0.384. The summed E-state index contributed by atoms with van der Waals surface area (Å²) in [4.78, 5) is 38.8. The van der Waals surface area contributed by atoms with E-state index in [2.05, 4.69) is 10.2 Å². The Morgan fingerprint density at radius 1 is 1.10 bits per heavy atom. The predicted molar refractivity (Wildman–Crippen MR) is 114 cm³/mol.